The lowest BCUT2D eigenvalue weighted by molar-refractivity contribution is 0.171. The zero-order chi connectivity index (χ0) is 15.4. The first-order valence-corrected chi connectivity index (χ1v) is 7.21. The molecule has 0 atom stereocenters. The first kappa shape index (κ1) is 14.3. The van der Waals surface area contributed by atoms with Crippen molar-refractivity contribution in [2.45, 2.75) is 13.5 Å². The van der Waals surface area contributed by atoms with Gasteiger partial charge in [-0.2, -0.15) is 0 Å². The quantitative estimate of drug-likeness (QED) is 0.915. The number of benzene rings is 2. The van der Waals surface area contributed by atoms with Crippen molar-refractivity contribution in [3.63, 3.8) is 0 Å². The summed E-state index contributed by atoms with van der Waals surface area (Å²) < 4.78 is 10.9. The molecule has 1 aliphatic heterocycles. The van der Waals surface area contributed by atoms with E-state index in [0.29, 0.717) is 36.9 Å². The van der Waals surface area contributed by atoms with E-state index in [1.807, 2.05) is 31.2 Å². The number of rotatable bonds is 3. The summed E-state index contributed by atoms with van der Waals surface area (Å²) in [4.78, 5) is 12.0. The first-order chi connectivity index (χ1) is 10.7. The SMILES string of the molecule is Cc1ccccc1CNC(=O)Nc1ccc2c(c1)OCCO2. The molecule has 114 valence electrons. The number of urea groups is 1. The average Bonchev–Trinajstić information content (AvgIpc) is 2.54. The number of ether oxygens (including phenoxy) is 2. The second-order valence-electron chi connectivity index (χ2n) is 5.09. The largest absolute Gasteiger partial charge is 0.486 e. The predicted molar refractivity (Wildman–Crippen MR) is 84.5 cm³/mol. The Morgan fingerprint density at radius 2 is 1.86 bits per heavy atom. The van der Waals surface area contributed by atoms with Crippen LogP contribution in [-0.2, 0) is 6.54 Å². The molecule has 3 rings (SSSR count). The molecule has 2 amide bonds. The number of anilines is 1. The van der Waals surface area contributed by atoms with E-state index < -0.39 is 0 Å². The molecule has 0 unspecified atom stereocenters. The molecule has 0 fully saturated rings. The lowest BCUT2D eigenvalue weighted by Gasteiger charge is -2.19. The Balaban J connectivity index is 1.59. The number of fused-ring (bicyclic) bond motifs is 1. The first-order valence-electron chi connectivity index (χ1n) is 7.21. The number of hydrogen-bond acceptors (Lipinski definition) is 3. The van der Waals surface area contributed by atoms with Gasteiger partial charge in [-0.1, -0.05) is 24.3 Å². The maximum Gasteiger partial charge on any atom is 0.319 e. The van der Waals surface area contributed by atoms with Gasteiger partial charge >= 0.3 is 6.03 Å². The van der Waals surface area contributed by atoms with Crippen LogP contribution in [0, 0.1) is 6.92 Å². The van der Waals surface area contributed by atoms with Crippen LogP contribution in [0.25, 0.3) is 0 Å². The summed E-state index contributed by atoms with van der Waals surface area (Å²) in [6, 6.07) is 13.1. The van der Waals surface area contributed by atoms with Crippen molar-refractivity contribution < 1.29 is 14.3 Å². The van der Waals surface area contributed by atoms with Crippen molar-refractivity contribution in [2.24, 2.45) is 0 Å². The highest BCUT2D eigenvalue weighted by atomic mass is 16.6. The van der Waals surface area contributed by atoms with Gasteiger partial charge in [-0.05, 0) is 30.2 Å². The normalized spacial score (nSPS) is 12.6. The molecule has 0 spiro atoms. The topological polar surface area (TPSA) is 59.6 Å². The molecule has 0 aliphatic carbocycles. The molecule has 0 bridgehead atoms. The third kappa shape index (κ3) is 3.31. The molecular formula is C17H18N2O3. The van der Waals surface area contributed by atoms with Crippen molar-refractivity contribution in [1.82, 2.24) is 5.32 Å². The summed E-state index contributed by atoms with van der Waals surface area (Å²) in [5.41, 5.74) is 2.92. The van der Waals surface area contributed by atoms with E-state index in [4.69, 9.17) is 9.47 Å². The van der Waals surface area contributed by atoms with Crippen LogP contribution >= 0.6 is 0 Å². The minimum Gasteiger partial charge on any atom is -0.486 e. The van der Waals surface area contributed by atoms with E-state index >= 15 is 0 Å². The second-order valence-corrected chi connectivity index (χ2v) is 5.09. The van der Waals surface area contributed by atoms with Gasteiger partial charge in [0.2, 0.25) is 0 Å². The van der Waals surface area contributed by atoms with Gasteiger partial charge in [0.15, 0.2) is 11.5 Å². The van der Waals surface area contributed by atoms with Gasteiger partial charge in [-0.25, -0.2) is 4.79 Å². The number of carbonyl (C=O) groups is 1. The summed E-state index contributed by atoms with van der Waals surface area (Å²) in [6.07, 6.45) is 0. The average molecular weight is 298 g/mol. The minimum absolute atomic E-state index is 0.250. The van der Waals surface area contributed by atoms with Crippen LogP contribution < -0.4 is 20.1 Å². The molecule has 1 heterocycles. The summed E-state index contributed by atoms with van der Waals surface area (Å²) in [6.45, 7) is 3.59. The zero-order valence-electron chi connectivity index (χ0n) is 12.4. The fourth-order valence-electron chi connectivity index (χ4n) is 2.28. The van der Waals surface area contributed by atoms with Crippen LogP contribution in [0.2, 0.25) is 0 Å². The molecular weight excluding hydrogens is 280 g/mol. The van der Waals surface area contributed by atoms with Crippen LogP contribution in [0.3, 0.4) is 0 Å². The van der Waals surface area contributed by atoms with Gasteiger partial charge in [0.1, 0.15) is 13.2 Å². The lowest BCUT2D eigenvalue weighted by atomic mass is 10.1. The van der Waals surface area contributed by atoms with E-state index in [1.54, 1.807) is 18.2 Å². The molecule has 0 aromatic heterocycles. The number of carbonyl (C=O) groups excluding carboxylic acids is 1. The van der Waals surface area contributed by atoms with Crippen LogP contribution in [0.4, 0.5) is 10.5 Å². The Morgan fingerprint density at radius 1 is 1.09 bits per heavy atom. The maximum absolute atomic E-state index is 12.0. The van der Waals surface area contributed by atoms with Gasteiger partial charge in [0, 0.05) is 18.3 Å². The number of aryl methyl sites for hydroxylation is 1. The molecule has 5 heteroatoms. The van der Waals surface area contributed by atoms with E-state index in [1.165, 1.54) is 0 Å². The van der Waals surface area contributed by atoms with Gasteiger partial charge in [0.25, 0.3) is 0 Å². The van der Waals surface area contributed by atoms with Gasteiger partial charge in [-0.15, -0.1) is 0 Å². The lowest BCUT2D eigenvalue weighted by Crippen LogP contribution is -2.28. The number of hydrogen-bond donors (Lipinski definition) is 2. The molecule has 22 heavy (non-hydrogen) atoms. The highest BCUT2D eigenvalue weighted by Gasteiger charge is 2.12. The van der Waals surface area contributed by atoms with Crippen molar-refractivity contribution in [2.75, 3.05) is 18.5 Å². The zero-order valence-corrected chi connectivity index (χ0v) is 12.4. The van der Waals surface area contributed by atoms with Crippen LogP contribution in [0.1, 0.15) is 11.1 Å². The molecule has 0 saturated carbocycles. The Bertz CT molecular complexity index is 685. The van der Waals surface area contributed by atoms with Crippen molar-refractivity contribution >= 4 is 11.7 Å². The molecule has 5 nitrogen and oxygen atoms in total. The molecule has 1 aliphatic rings. The van der Waals surface area contributed by atoms with Gasteiger partial charge in [-0.3, -0.25) is 0 Å². The Hall–Kier alpha value is -2.69. The fraction of sp³-hybridized carbons (Fsp3) is 0.235. The van der Waals surface area contributed by atoms with Crippen molar-refractivity contribution in [1.29, 1.82) is 0 Å². The summed E-state index contributed by atoms with van der Waals surface area (Å²) in [7, 11) is 0. The molecule has 2 N–H and O–H groups in total. The van der Waals surface area contributed by atoms with Crippen LogP contribution in [0.15, 0.2) is 42.5 Å². The Morgan fingerprint density at radius 3 is 2.68 bits per heavy atom. The fourth-order valence-corrected chi connectivity index (χ4v) is 2.28. The highest BCUT2D eigenvalue weighted by molar-refractivity contribution is 5.89. The molecule has 2 aromatic rings. The van der Waals surface area contributed by atoms with Crippen molar-refractivity contribution in [3.8, 4) is 11.5 Å². The maximum atomic E-state index is 12.0. The van der Waals surface area contributed by atoms with Crippen LogP contribution in [0.5, 0.6) is 11.5 Å². The van der Waals surface area contributed by atoms with Crippen LogP contribution in [-0.4, -0.2) is 19.2 Å². The summed E-state index contributed by atoms with van der Waals surface area (Å²) >= 11 is 0. The monoisotopic (exact) mass is 298 g/mol. The molecule has 2 aromatic carbocycles. The van der Waals surface area contributed by atoms with E-state index in [0.717, 1.165) is 11.1 Å². The summed E-state index contributed by atoms with van der Waals surface area (Å²) in [5.74, 6) is 1.36. The number of nitrogens with one attached hydrogen (secondary N) is 2. The van der Waals surface area contributed by atoms with Gasteiger partial charge < -0.3 is 20.1 Å². The third-order valence-electron chi connectivity index (χ3n) is 3.50. The minimum atomic E-state index is -0.250. The Labute approximate surface area is 129 Å². The van der Waals surface area contributed by atoms with Gasteiger partial charge in [0.05, 0.1) is 0 Å². The number of amides is 2. The van der Waals surface area contributed by atoms with E-state index in [-0.39, 0.29) is 6.03 Å². The standard InChI is InChI=1S/C17H18N2O3/c1-12-4-2-3-5-13(12)11-18-17(20)19-14-6-7-15-16(10-14)22-9-8-21-15/h2-7,10H,8-9,11H2,1H3,(H2,18,19,20). The summed E-state index contributed by atoms with van der Waals surface area (Å²) in [5, 5.41) is 5.64. The Kier molecular flexibility index (Phi) is 4.14. The second kappa shape index (κ2) is 6.39. The van der Waals surface area contributed by atoms with Crippen molar-refractivity contribution in [3.05, 3.63) is 53.6 Å². The van der Waals surface area contributed by atoms with E-state index in [9.17, 15) is 4.79 Å². The highest BCUT2D eigenvalue weighted by Crippen LogP contribution is 2.32. The third-order valence-corrected chi connectivity index (χ3v) is 3.50. The molecule has 0 radical (unpaired) electrons. The van der Waals surface area contributed by atoms with E-state index in [2.05, 4.69) is 10.6 Å². The molecule has 0 saturated heterocycles. The smallest absolute Gasteiger partial charge is 0.319 e. The predicted octanol–water partition coefficient (Wildman–Crippen LogP) is 3.09.